The van der Waals surface area contributed by atoms with Gasteiger partial charge < -0.3 is 4.42 Å². The van der Waals surface area contributed by atoms with Gasteiger partial charge in [-0.25, -0.2) is 14.2 Å². The van der Waals surface area contributed by atoms with E-state index in [2.05, 4.69) is 10.5 Å². The minimum absolute atomic E-state index is 0.0630. The van der Waals surface area contributed by atoms with E-state index in [1.54, 1.807) is 13.0 Å². The lowest BCUT2D eigenvalue weighted by Gasteiger charge is -1.98. The summed E-state index contributed by atoms with van der Waals surface area (Å²) in [4.78, 5) is 12.1. The molecule has 6 heteroatoms. The van der Waals surface area contributed by atoms with Crippen LogP contribution in [0, 0.1) is 18.6 Å². The van der Waals surface area contributed by atoms with Gasteiger partial charge in [-0.2, -0.15) is 5.10 Å². The van der Waals surface area contributed by atoms with Crippen molar-refractivity contribution in [2.45, 2.75) is 6.92 Å². The fourth-order valence-electron chi connectivity index (χ4n) is 2.21. The van der Waals surface area contributed by atoms with Crippen LogP contribution in [0.5, 0.6) is 0 Å². The first-order valence-electron chi connectivity index (χ1n) is 6.83. The molecule has 0 aliphatic heterocycles. The predicted octanol–water partition coefficient (Wildman–Crippen LogP) is 3.78. The molecule has 0 atom stereocenters. The minimum atomic E-state index is -0.761. The number of para-hydroxylation sites is 1. The molecule has 23 heavy (non-hydrogen) atoms. The summed E-state index contributed by atoms with van der Waals surface area (Å²) >= 11 is 0. The van der Waals surface area contributed by atoms with Crippen LogP contribution in [-0.2, 0) is 0 Å². The lowest BCUT2D eigenvalue weighted by molar-refractivity contribution is 0.0929. The number of hydrogen-bond acceptors (Lipinski definition) is 3. The van der Waals surface area contributed by atoms with Crippen LogP contribution in [0.4, 0.5) is 8.78 Å². The molecule has 0 saturated heterocycles. The molecule has 0 aliphatic carbocycles. The summed E-state index contributed by atoms with van der Waals surface area (Å²) in [6.07, 6.45) is 1.10. The molecule has 2 aromatic carbocycles. The Morgan fingerprint density at radius 3 is 2.74 bits per heavy atom. The van der Waals surface area contributed by atoms with Crippen molar-refractivity contribution >= 4 is 23.1 Å². The van der Waals surface area contributed by atoms with Crippen LogP contribution in [0.15, 0.2) is 52.0 Å². The highest BCUT2D eigenvalue weighted by molar-refractivity contribution is 5.99. The molecule has 0 fully saturated rings. The van der Waals surface area contributed by atoms with Crippen LogP contribution < -0.4 is 5.43 Å². The average Bonchev–Trinajstić information content (AvgIpc) is 2.87. The van der Waals surface area contributed by atoms with Crippen LogP contribution in [0.2, 0.25) is 0 Å². The molecule has 0 spiro atoms. The van der Waals surface area contributed by atoms with Crippen LogP contribution in [0.1, 0.15) is 21.7 Å². The maximum absolute atomic E-state index is 13.4. The van der Waals surface area contributed by atoms with Gasteiger partial charge in [-0.1, -0.05) is 18.2 Å². The van der Waals surface area contributed by atoms with Crippen molar-refractivity contribution in [3.05, 3.63) is 71.0 Å². The minimum Gasteiger partial charge on any atom is -0.451 e. The van der Waals surface area contributed by atoms with Gasteiger partial charge in [0.05, 0.1) is 6.21 Å². The normalized spacial score (nSPS) is 11.3. The Labute approximate surface area is 130 Å². The van der Waals surface area contributed by atoms with Gasteiger partial charge in [0.2, 0.25) is 0 Å². The van der Waals surface area contributed by atoms with Gasteiger partial charge in [0.1, 0.15) is 17.2 Å². The summed E-state index contributed by atoms with van der Waals surface area (Å²) in [6.45, 7) is 1.77. The summed E-state index contributed by atoms with van der Waals surface area (Å²) in [6, 6.07) is 10.3. The molecule has 116 valence electrons. The smallest absolute Gasteiger partial charge is 0.307 e. The van der Waals surface area contributed by atoms with E-state index in [0.29, 0.717) is 11.1 Å². The zero-order valence-corrected chi connectivity index (χ0v) is 12.1. The number of rotatable bonds is 3. The Bertz CT molecular complexity index is 916. The number of amides is 1. The predicted molar refractivity (Wildman–Crippen MR) is 82.4 cm³/mol. The first kappa shape index (κ1) is 14.9. The number of benzene rings is 2. The van der Waals surface area contributed by atoms with Crippen molar-refractivity contribution in [1.82, 2.24) is 5.43 Å². The van der Waals surface area contributed by atoms with Crippen molar-refractivity contribution in [2.24, 2.45) is 5.10 Å². The molecule has 1 heterocycles. The Morgan fingerprint density at radius 1 is 1.22 bits per heavy atom. The van der Waals surface area contributed by atoms with E-state index >= 15 is 0 Å². The molecule has 0 aliphatic rings. The molecule has 1 amide bonds. The Morgan fingerprint density at radius 2 is 2.00 bits per heavy atom. The fraction of sp³-hybridized carbons (Fsp3) is 0.0588. The van der Waals surface area contributed by atoms with Gasteiger partial charge in [-0.05, 0) is 25.1 Å². The topological polar surface area (TPSA) is 54.6 Å². The molecule has 4 nitrogen and oxygen atoms in total. The number of carbonyl (C=O) groups is 1. The molecule has 0 saturated carbocycles. The van der Waals surface area contributed by atoms with Gasteiger partial charge in [0, 0.05) is 22.6 Å². The lowest BCUT2D eigenvalue weighted by atomic mass is 10.1. The maximum Gasteiger partial charge on any atom is 0.307 e. The van der Waals surface area contributed by atoms with Crippen LogP contribution in [0.25, 0.3) is 11.0 Å². The van der Waals surface area contributed by atoms with Crippen molar-refractivity contribution in [2.75, 3.05) is 0 Å². The van der Waals surface area contributed by atoms with Crippen LogP contribution in [0.3, 0.4) is 0 Å². The van der Waals surface area contributed by atoms with E-state index in [0.717, 1.165) is 23.7 Å². The number of furan rings is 1. The summed E-state index contributed by atoms with van der Waals surface area (Å²) in [5.74, 6) is -1.84. The molecule has 0 unspecified atom stereocenters. The zero-order chi connectivity index (χ0) is 16.4. The zero-order valence-electron chi connectivity index (χ0n) is 12.1. The Balaban J connectivity index is 1.78. The molecule has 0 bridgehead atoms. The number of carbonyl (C=O) groups excluding carboxylic acids is 1. The highest BCUT2D eigenvalue weighted by Gasteiger charge is 2.16. The third-order valence-corrected chi connectivity index (χ3v) is 3.38. The summed E-state index contributed by atoms with van der Waals surface area (Å²) in [5.41, 5.74) is 3.63. The van der Waals surface area contributed by atoms with E-state index in [1.165, 1.54) is 6.07 Å². The molecule has 3 aromatic rings. The first-order chi connectivity index (χ1) is 11.1. The number of fused-ring (bicyclic) bond motifs is 1. The number of aryl methyl sites for hydroxylation is 1. The number of nitrogens with zero attached hydrogens (tertiary/aromatic N) is 1. The van der Waals surface area contributed by atoms with Crippen molar-refractivity contribution in [3.63, 3.8) is 0 Å². The van der Waals surface area contributed by atoms with Gasteiger partial charge >= 0.3 is 5.91 Å². The second-order valence-corrected chi connectivity index (χ2v) is 4.92. The molecule has 1 aromatic heterocycles. The van der Waals surface area contributed by atoms with Crippen LogP contribution in [-0.4, -0.2) is 12.1 Å². The Kier molecular flexibility index (Phi) is 3.89. The number of halogens is 2. The van der Waals surface area contributed by atoms with Crippen molar-refractivity contribution < 1.29 is 18.0 Å². The molecular formula is C17H12F2N2O2. The number of hydrazone groups is 1. The molecule has 3 rings (SSSR count). The summed E-state index contributed by atoms with van der Waals surface area (Å²) in [7, 11) is 0. The van der Waals surface area contributed by atoms with Crippen molar-refractivity contribution in [3.8, 4) is 0 Å². The van der Waals surface area contributed by atoms with E-state index in [9.17, 15) is 13.6 Å². The molecule has 0 radical (unpaired) electrons. The van der Waals surface area contributed by atoms with Gasteiger partial charge in [0.25, 0.3) is 0 Å². The highest BCUT2D eigenvalue weighted by atomic mass is 19.1. The number of nitrogens with one attached hydrogen (secondary N) is 1. The molecule has 1 N–H and O–H groups in total. The summed E-state index contributed by atoms with van der Waals surface area (Å²) in [5, 5.41) is 4.51. The first-order valence-corrected chi connectivity index (χ1v) is 6.83. The van der Waals surface area contributed by atoms with E-state index in [-0.39, 0.29) is 11.3 Å². The summed E-state index contributed by atoms with van der Waals surface area (Å²) < 4.78 is 31.7. The van der Waals surface area contributed by atoms with Gasteiger partial charge in [-0.15, -0.1) is 0 Å². The molecular weight excluding hydrogens is 302 g/mol. The highest BCUT2D eigenvalue weighted by Crippen LogP contribution is 2.24. The second-order valence-electron chi connectivity index (χ2n) is 4.92. The lowest BCUT2D eigenvalue weighted by Crippen LogP contribution is -2.17. The number of hydrogen-bond donors (Lipinski definition) is 1. The fourth-order valence-corrected chi connectivity index (χ4v) is 2.21. The third kappa shape index (κ3) is 2.96. The standard InChI is InChI=1S/C17H12F2N2O2/c1-10-13-4-2-3-5-15(13)23-16(10)17(22)21-20-9-11-6-7-12(18)8-14(11)19/h2-9H,1H3,(H,21,22)/b20-9-. The van der Waals surface area contributed by atoms with Gasteiger partial charge in [-0.3, -0.25) is 4.79 Å². The third-order valence-electron chi connectivity index (χ3n) is 3.38. The second kappa shape index (κ2) is 6.00. The Hall–Kier alpha value is -3.02. The van der Waals surface area contributed by atoms with Crippen LogP contribution >= 0.6 is 0 Å². The van der Waals surface area contributed by atoms with E-state index in [1.807, 2.05) is 18.2 Å². The van der Waals surface area contributed by atoms with Gasteiger partial charge in [0.15, 0.2) is 5.76 Å². The average molecular weight is 314 g/mol. The SMILES string of the molecule is Cc1c(C(=O)N/N=C\c2ccc(F)cc2F)oc2ccccc12. The van der Waals surface area contributed by atoms with E-state index in [4.69, 9.17) is 4.42 Å². The quantitative estimate of drug-likeness (QED) is 0.591. The monoisotopic (exact) mass is 314 g/mol. The largest absolute Gasteiger partial charge is 0.451 e. The van der Waals surface area contributed by atoms with Crippen molar-refractivity contribution in [1.29, 1.82) is 0 Å². The maximum atomic E-state index is 13.4. The van der Waals surface area contributed by atoms with E-state index < -0.39 is 17.5 Å².